The molecule has 3 nitrogen and oxygen atoms in total. The molecule has 3 unspecified atom stereocenters. The summed E-state index contributed by atoms with van der Waals surface area (Å²) in [6.45, 7) is 2.03. The summed E-state index contributed by atoms with van der Waals surface area (Å²) in [5, 5.41) is 0. The molecule has 1 aromatic rings. The summed E-state index contributed by atoms with van der Waals surface area (Å²) in [6, 6.07) is 5.94. The van der Waals surface area contributed by atoms with E-state index in [2.05, 4.69) is 15.9 Å². The van der Waals surface area contributed by atoms with Gasteiger partial charge in [0.05, 0.1) is 7.11 Å². The summed E-state index contributed by atoms with van der Waals surface area (Å²) >= 11 is 3.55. The van der Waals surface area contributed by atoms with Crippen LogP contribution in [0.15, 0.2) is 18.2 Å². The number of hydrogen-bond acceptors (Lipinski definition) is 3. The summed E-state index contributed by atoms with van der Waals surface area (Å²) in [4.78, 5) is 0.383. The molecular formula is C13H17BrO3. The van der Waals surface area contributed by atoms with Crippen LogP contribution in [0, 0.1) is 6.92 Å². The lowest BCUT2D eigenvalue weighted by Crippen LogP contribution is -2.51. The van der Waals surface area contributed by atoms with Gasteiger partial charge in [0, 0.05) is 18.4 Å². The summed E-state index contributed by atoms with van der Waals surface area (Å²) in [7, 11) is 3.37. The Kier molecular flexibility index (Phi) is 3.94. The van der Waals surface area contributed by atoms with E-state index in [1.54, 1.807) is 14.2 Å². The molecule has 3 atom stereocenters. The van der Waals surface area contributed by atoms with Gasteiger partial charge in [0.25, 0.3) is 0 Å². The van der Waals surface area contributed by atoms with E-state index in [0.717, 1.165) is 23.5 Å². The van der Waals surface area contributed by atoms with Crippen LogP contribution in [0.5, 0.6) is 11.5 Å². The Labute approximate surface area is 110 Å². The molecule has 1 aromatic carbocycles. The summed E-state index contributed by atoms with van der Waals surface area (Å²) in [5.41, 5.74) is 1.16. The second-order valence-corrected chi connectivity index (χ2v) is 5.44. The van der Waals surface area contributed by atoms with Crippen LogP contribution < -0.4 is 9.47 Å². The SMILES string of the molecule is COc1cc(C)ccc1OC1CC(Br)C1OC. The minimum atomic E-state index is 0.0981. The van der Waals surface area contributed by atoms with Crippen molar-refractivity contribution < 1.29 is 14.2 Å². The van der Waals surface area contributed by atoms with Gasteiger partial charge in [-0.2, -0.15) is 0 Å². The van der Waals surface area contributed by atoms with Crippen LogP contribution in [0.4, 0.5) is 0 Å². The highest BCUT2D eigenvalue weighted by atomic mass is 79.9. The molecule has 0 N–H and O–H groups in total. The smallest absolute Gasteiger partial charge is 0.161 e. The molecule has 0 aromatic heterocycles. The van der Waals surface area contributed by atoms with Crippen molar-refractivity contribution in [2.45, 2.75) is 30.4 Å². The molecule has 94 valence electrons. The summed E-state index contributed by atoms with van der Waals surface area (Å²) < 4.78 is 16.6. The minimum Gasteiger partial charge on any atom is -0.493 e. The fraction of sp³-hybridized carbons (Fsp3) is 0.538. The molecule has 2 rings (SSSR count). The van der Waals surface area contributed by atoms with Gasteiger partial charge in [-0.05, 0) is 24.6 Å². The maximum Gasteiger partial charge on any atom is 0.161 e. The highest BCUT2D eigenvalue weighted by Gasteiger charge is 2.42. The third-order valence-corrected chi connectivity index (χ3v) is 3.94. The van der Waals surface area contributed by atoms with Crippen molar-refractivity contribution >= 4 is 15.9 Å². The topological polar surface area (TPSA) is 27.7 Å². The number of benzene rings is 1. The number of alkyl halides is 1. The lowest BCUT2D eigenvalue weighted by molar-refractivity contribution is -0.0552. The molecule has 1 fully saturated rings. The number of hydrogen-bond donors (Lipinski definition) is 0. The zero-order chi connectivity index (χ0) is 12.4. The van der Waals surface area contributed by atoms with Gasteiger partial charge >= 0.3 is 0 Å². The van der Waals surface area contributed by atoms with Crippen LogP contribution in [0.3, 0.4) is 0 Å². The maximum absolute atomic E-state index is 5.92. The van der Waals surface area contributed by atoms with E-state index in [9.17, 15) is 0 Å². The van der Waals surface area contributed by atoms with E-state index in [-0.39, 0.29) is 12.2 Å². The number of halogens is 1. The Morgan fingerprint density at radius 1 is 1.24 bits per heavy atom. The van der Waals surface area contributed by atoms with Crippen molar-refractivity contribution in [2.24, 2.45) is 0 Å². The zero-order valence-corrected chi connectivity index (χ0v) is 11.9. The Morgan fingerprint density at radius 2 is 2.00 bits per heavy atom. The van der Waals surface area contributed by atoms with Crippen LogP contribution in [0.2, 0.25) is 0 Å². The number of aryl methyl sites for hydroxylation is 1. The second-order valence-electron chi connectivity index (χ2n) is 4.26. The fourth-order valence-electron chi connectivity index (χ4n) is 1.98. The van der Waals surface area contributed by atoms with Crippen LogP contribution in [-0.2, 0) is 4.74 Å². The largest absolute Gasteiger partial charge is 0.493 e. The highest BCUT2D eigenvalue weighted by Crippen LogP contribution is 2.37. The van der Waals surface area contributed by atoms with Gasteiger partial charge in [-0.15, -0.1) is 0 Å². The molecule has 0 saturated heterocycles. The summed E-state index contributed by atoms with van der Waals surface area (Å²) in [5.74, 6) is 1.56. The number of rotatable bonds is 4. The molecule has 0 bridgehead atoms. The normalized spacial score (nSPS) is 27.4. The molecule has 0 spiro atoms. The molecular weight excluding hydrogens is 284 g/mol. The first-order valence-electron chi connectivity index (χ1n) is 5.64. The second kappa shape index (κ2) is 5.27. The zero-order valence-electron chi connectivity index (χ0n) is 10.3. The third kappa shape index (κ3) is 2.58. The van der Waals surface area contributed by atoms with Gasteiger partial charge in [-0.1, -0.05) is 22.0 Å². The van der Waals surface area contributed by atoms with Gasteiger partial charge in [-0.3, -0.25) is 0 Å². The van der Waals surface area contributed by atoms with E-state index in [1.165, 1.54) is 0 Å². The van der Waals surface area contributed by atoms with Crippen LogP contribution in [0.1, 0.15) is 12.0 Å². The van der Waals surface area contributed by atoms with Crippen molar-refractivity contribution in [1.82, 2.24) is 0 Å². The molecule has 1 aliphatic rings. The molecule has 1 aliphatic carbocycles. The van der Waals surface area contributed by atoms with E-state index in [4.69, 9.17) is 14.2 Å². The fourth-order valence-corrected chi connectivity index (χ4v) is 2.90. The van der Waals surface area contributed by atoms with Gasteiger partial charge in [-0.25, -0.2) is 0 Å². The Hall–Kier alpha value is -0.740. The average Bonchev–Trinajstić information content (AvgIpc) is 2.30. The Balaban J connectivity index is 2.09. The third-order valence-electron chi connectivity index (χ3n) is 3.05. The lowest BCUT2D eigenvalue weighted by Gasteiger charge is -2.40. The first-order chi connectivity index (χ1) is 8.15. The van der Waals surface area contributed by atoms with Crippen molar-refractivity contribution in [2.75, 3.05) is 14.2 Å². The van der Waals surface area contributed by atoms with E-state index < -0.39 is 0 Å². The first kappa shape index (κ1) is 12.7. The van der Waals surface area contributed by atoms with Gasteiger partial charge in [0.2, 0.25) is 0 Å². The van der Waals surface area contributed by atoms with Crippen molar-refractivity contribution in [1.29, 1.82) is 0 Å². The summed E-state index contributed by atoms with van der Waals surface area (Å²) in [6.07, 6.45) is 1.16. The van der Waals surface area contributed by atoms with E-state index in [1.807, 2.05) is 25.1 Å². The molecule has 17 heavy (non-hydrogen) atoms. The first-order valence-corrected chi connectivity index (χ1v) is 6.55. The highest BCUT2D eigenvalue weighted by molar-refractivity contribution is 9.09. The van der Waals surface area contributed by atoms with Crippen LogP contribution in [-0.4, -0.2) is 31.3 Å². The van der Waals surface area contributed by atoms with Crippen molar-refractivity contribution in [3.05, 3.63) is 23.8 Å². The Bertz CT molecular complexity index is 394. The minimum absolute atomic E-state index is 0.0981. The predicted molar refractivity (Wildman–Crippen MR) is 70.3 cm³/mol. The molecule has 0 heterocycles. The van der Waals surface area contributed by atoms with Gasteiger partial charge < -0.3 is 14.2 Å². The van der Waals surface area contributed by atoms with E-state index in [0.29, 0.717) is 4.83 Å². The maximum atomic E-state index is 5.92. The van der Waals surface area contributed by atoms with Gasteiger partial charge in [0.1, 0.15) is 12.2 Å². The van der Waals surface area contributed by atoms with Crippen LogP contribution in [0.25, 0.3) is 0 Å². The lowest BCUT2D eigenvalue weighted by atomic mass is 9.91. The van der Waals surface area contributed by atoms with Crippen LogP contribution >= 0.6 is 15.9 Å². The molecule has 0 radical (unpaired) electrons. The number of methoxy groups -OCH3 is 2. The Morgan fingerprint density at radius 3 is 2.59 bits per heavy atom. The molecule has 0 amide bonds. The molecule has 0 aliphatic heterocycles. The van der Waals surface area contributed by atoms with Gasteiger partial charge in [0.15, 0.2) is 11.5 Å². The molecule has 4 heteroatoms. The average molecular weight is 301 g/mol. The van der Waals surface area contributed by atoms with Crippen molar-refractivity contribution in [3.63, 3.8) is 0 Å². The standard InChI is InChI=1S/C13H17BrO3/c1-8-4-5-10(11(6-8)15-2)17-12-7-9(14)13(12)16-3/h4-6,9,12-13H,7H2,1-3H3. The van der Waals surface area contributed by atoms with E-state index >= 15 is 0 Å². The predicted octanol–water partition coefficient (Wildman–Crippen LogP) is 2.93. The molecule has 1 saturated carbocycles. The van der Waals surface area contributed by atoms with Crippen molar-refractivity contribution in [3.8, 4) is 11.5 Å². The number of ether oxygens (including phenoxy) is 3. The quantitative estimate of drug-likeness (QED) is 0.800. The monoisotopic (exact) mass is 300 g/mol.